The second-order valence-electron chi connectivity index (χ2n) is 4.53. The van der Waals surface area contributed by atoms with E-state index in [1.807, 2.05) is 6.92 Å². The van der Waals surface area contributed by atoms with Gasteiger partial charge in [-0.05, 0) is 12.8 Å². The van der Waals surface area contributed by atoms with Crippen LogP contribution >= 0.6 is 0 Å². The van der Waals surface area contributed by atoms with E-state index in [-0.39, 0.29) is 31.0 Å². The minimum atomic E-state index is -4.56. The van der Waals surface area contributed by atoms with Gasteiger partial charge in [0.1, 0.15) is 6.54 Å². The summed E-state index contributed by atoms with van der Waals surface area (Å²) in [5.74, 6) is 0.719. The van der Waals surface area contributed by atoms with Gasteiger partial charge in [-0.2, -0.15) is 23.3 Å². The summed E-state index contributed by atoms with van der Waals surface area (Å²) < 4.78 is 44.5. The fourth-order valence-electron chi connectivity index (χ4n) is 1.90. The highest BCUT2D eigenvalue weighted by molar-refractivity contribution is 5.20. The fourth-order valence-corrected chi connectivity index (χ4v) is 1.90. The van der Waals surface area contributed by atoms with Gasteiger partial charge in [0.2, 0.25) is 5.89 Å². The average Bonchev–Trinajstić information content (AvgIpc) is 2.98. The van der Waals surface area contributed by atoms with Crippen molar-refractivity contribution in [2.24, 2.45) is 0 Å². The van der Waals surface area contributed by atoms with Crippen molar-refractivity contribution in [2.75, 3.05) is 6.61 Å². The third-order valence-electron chi connectivity index (χ3n) is 2.77. The van der Waals surface area contributed by atoms with Crippen molar-refractivity contribution in [3.63, 3.8) is 0 Å². The third kappa shape index (κ3) is 3.81. The van der Waals surface area contributed by atoms with E-state index in [9.17, 15) is 13.2 Å². The molecule has 2 heterocycles. The SMILES string of the molecule is CCCc1noc(Cn2cc(CCO)c(C(F)(F)F)n2)n1. The maximum Gasteiger partial charge on any atom is 0.435 e. The summed E-state index contributed by atoms with van der Waals surface area (Å²) in [6.45, 7) is 1.54. The second kappa shape index (κ2) is 6.25. The summed E-state index contributed by atoms with van der Waals surface area (Å²) in [4.78, 5) is 4.07. The lowest BCUT2D eigenvalue weighted by Gasteiger charge is -2.04. The first kappa shape index (κ1) is 15.5. The number of nitrogens with zero attached hydrogens (tertiary/aromatic N) is 4. The topological polar surface area (TPSA) is 77.0 Å². The molecule has 2 aromatic heterocycles. The Morgan fingerprint density at radius 2 is 2.10 bits per heavy atom. The number of hydrogen-bond acceptors (Lipinski definition) is 5. The van der Waals surface area contributed by atoms with Crippen LogP contribution in [0.4, 0.5) is 13.2 Å². The lowest BCUT2D eigenvalue weighted by atomic mass is 10.2. The normalized spacial score (nSPS) is 12.0. The van der Waals surface area contributed by atoms with E-state index in [1.54, 1.807) is 0 Å². The van der Waals surface area contributed by atoms with Crippen LogP contribution < -0.4 is 0 Å². The largest absolute Gasteiger partial charge is 0.435 e. The van der Waals surface area contributed by atoms with Crippen LogP contribution in [-0.2, 0) is 25.6 Å². The zero-order chi connectivity index (χ0) is 15.5. The van der Waals surface area contributed by atoms with Gasteiger partial charge in [-0.3, -0.25) is 4.68 Å². The summed E-state index contributed by atoms with van der Waals surface area (Å²) >= 11 is 0. The van der Waals surface area contributed by atoms with Gasteiger partial charge in [0.05, 0.1) is 0 Å². The highest BCUT2D eigenvalue weighted by Crippen LogP contribution is 2.31. The van der Waals surface area contributed by atoms with Gasteiger partial charge in [-0.25, -0.2) is 0 Å². The zero-order valence-electron chi connectivity index (χ0n) is 11.4. The van der Waals surface area contributed by atoms with Gasteiger partial charge in [0, 0.05) is 24.8 Å². The molecule has 0 aliphatic heterocycles. The van der Waals surface area contributed by atoms with Crippen LogP contribution in [0.2, 0.25) is 0 Å². The number of aliphatic hydroxyl groups excluding tert-OH is 1. The van der Waals surface area contributed by atoms with E-state index in [1.165, 1.54) is 6.20 Å². The molecule has 0 aliphatic carbocycles. The molecule has 0 fully saturated rings. The number of aromatic nitrogens is 4. The Morgan fingerprint density at radius 3 is 2.71 bits per heavy atom. The van der Waals surface area contributed by atoms with E-state index in [0.717, 1.165) is 11.1 Å². The lowest BCUT2D eigenvalue weighted by Crippen LogP contribution is -2.11. The van der Waals surface area contributed by atoms with Crippen molar-refractivity contribution in [1.82, 2.24) is 19.9 Å². The first-order valence-corrected chi connectivity index (χ1v) is 6.50. The number of aryl methyl sites for hydroxylation is 1. The molecule has 0 amide bonds. The molecule has 0 atom stereocenters. The van der Waals surface area contributed by atoms with Crippen molar-refractivity contribution in [1.29, 1.82) is 0 Å². The van der Waals surface area contributed by atoms with Gasteiger partial charge in [0.15, 0.2) is 11.5 Å². The maximum atomic E-state index is 12.8. The van der Waals surface area contributed by atoms with Gasteiger partial charge >= 0.3 is 6.18 Å². The standard InChI is InChI=1S/C12H15F3N4O2/c1-2-3-9-16-10(21-18-9)7-19-6-8(4-5-20)11(17-19)12(13,14)15/h6,20H,2-5,7H2,1H3. The molecule has 0 saturated carbocycles. The molecule has 0 unspecified atom stereocenters. The Morgan fingerprint density at radius 1 is 1.33 bits per heavy atom. The van der Waals surface area contributed by atoms with Crippen LogP contribution in [0.1, 0.15) is 36.3 Å². The van der Waals surface area contributed by atoms with E-state index in [2.05, 4.69) is 15.2 Å². The van der Waals surface area contributed by atoms with Crippen molar-refractivity contribution in [3.8, 4) is 0 Å². The molecule has 0 aromatic carbocycles. The predicted octanol–water partition coefficient (Wildman–Crippen LogP) is 1.82. The van der Waals surface area contributed by atoms with Crippen LogP contribution in [0.25, 0.3) is 0 Å². The van der Waals surface area contributed by atoms with Crippen LogP contribution in [0.5, 0.6) is 0 Å². The van der Waals surface area contributed by atoms with Crippen LogP contribution in [0, 0.1) is 0 Å². The molecule has 2 rings (SSSR count). The first-order chi connectivity index (χ1) is 9.94. The lowest BCUT2D eigenvalue weighted by molar-refractivity contribution is -0.142. The molecule has 0 saturated heterocycles. The van der Waals surface area contributed by atoms with Gasteiger partial charge in [0.25, 0.3) is 0 Å². The Balaban J connectivity index is 2.19. The minimum Gasteiger partial charge on any atom is -0.396 e. The minimum absolute atomic E-state index is 0.0365. The molecule has 0 spiro atoms. The predicted molar refractivity (Wildman–Crippen MR) is 65.4 cm³/mol. The molecule has 2 aromatic rings. The Bertz CT molecular complexity index is 592. The Kier molecular flexibility index (Phi) is 4.61. The summed E-state index contributed by atoms with van der Waals surface area (Å²) in [7, 11) is 0. The average molecular weight is 304 g/mol. The quantitative estimate of drug-likeness (QED) is 0.881. The summed E-state index contributed by atoms with van der Waals surface area (Å²) in [6.07, 6.45) is -1.94. The molecule has 9 heteroatoms. The highest BCUT2D eigenvalue weighted by atomic mass is 19.4. The van der Waals surface area contributed by atoms with Crippen LogP contribution in [0.15, 0.2) is 10.7 Å². The van der Waals surface area contributed by atoms with Gasteiger partial charge in [-0.1, -0.05) is 12.1 Å². The Hall–Kier alpha value is -1.90. The molecule has 0 bridgehead atoms. The molecule has 21 heavy (non-hydrogen) atoms. The summed E-state index contributed by atoms with van der Waals surface area (Å²) in [6, 6.07) is 0. The zero-order valence-corrected chi connectivity index (χ0v) is 11.4. The molecular formula is C12H15F3N4O2. The maximum absolute atomic E-state index is 12.8. The fraction of sp³-hybridized carbons (Fsp3) is 0.583. The summed E-state index contributed by atoms with van der Waals surface area (Å²) in [5, 5.41) is 16.1. The molecule has 0 aliphatic rings. The van der Waals surface area contributed by atoms with Crippen molar-refractivity contribution in [3.05, 3.63) is 29.2 Å². The monoisotopic (exact) mass is 304 g/mol. The first-order valence-electron chi connectivity index (χ1n) is 6.50. The molecule has 6 nitrogen and oxygen atoms in total. The van der Waals surface area contributed by atoms with Crippen LogP contribution in [-0.4, -0.2) is 31.6 Å². The van der Waals surface area contributed by atoms with Crippen molar-refractivity contribution in [2.45, 2.75) is 38.9 Å². The third-order valence-corrected chi connectivity index (χ3v) is 2.77. The highest BCUT2D eigenvalue weighted by Gasteiger charge is 2.37. The Labute approximate surface area is 118 Å². The van der Waals surface area contributed by atoms with E-state index >= 15 is 0 Å². The summed E-state index contributed by atoms with van der Waals surface area (Å²) in [5.41, 5.74) is -1.05. The van der Waals surface area contributed by atoms with Gasteiger partial charge in [-0.15, -0.1) is 0 Å². The second-order valence-corrected chi connectivity index (χ2v) is 4.53. The van der Waals surface area contributed by atoms with E-state index < -0.39 is 11.9 Å². The molecule has 0 radical (unpaired) electrons. The van der Waals surface area contributed by atoms with Crippen molar-refractivity contribution < 1.29 is 22.8 Å². The molecule has 1 N–H and O–H groups in total. The van der Waals surface area contributed by atoms with E-state index in [4.69, 9.17) is 9.63 Å². The van der Waals surface area contributed by atoms with E-state index in [0.29, 0.717) is 12.2 Å². The molecule has 116 valence electrons. The van der Waals surface area contributed by atoms with Crippen LogP contribution in [0.3, 0.4) is 0 Å². The number of alkyl halides is 3. The van der Waals surface area contributed by atoms with Gasteiger partial charge < -0.3 is 9.63 Å². The molecular weight excluding hydrogens is 289 g/mol. The smallest absolute Gasteiger partial charge is 0.396 e. The number of rotatable bonds is 6. The number of hydrogen-bond donors (Lipinski definition) is 1. The number of halogens is 3. The number of aliphatic hydroxyl groups is 1. The van der Waals surface area contributed by atoms with Crippen molar-refractivity contribution >= 4 is 0 Å².